The number of aryl methyl sites for hydroxylation is 1. The van der Waals surface area contributed by atoms with Crippen LogP contribution in [0.15, 0.2) is 18.5 Å². The molecule has 4 heterocycles. The molecule has 2 aromatic heterocycles. The molecule has 0 spiro atoms. The first-order valence-electron chi connectivity index (χ1n) is 9.93. The maximum absolute atomic E-state index is 13.6. The Kier molecular flexibility index (Phi) is 4.70. The molecule has 0 N–H and O–H groups in total. The van der Waals surface area contributed by atoms with Crippen molar-refractivity contribution in [3.05, 3.63) is 35.4 Å². The van der Waals surface area contributed by atoms with Gasteiger partial charge < -0.3 is 14.4 Å². The molecular formula is C19H22F3N5O2. The van der Waals surface area contributed by atoms with Crippen molar-refractivity contribution in [2.75, 3.05) is 31.2 Å². The average molecular weight is 409 g/mol. The number of ether oxygens (including phenoxy) is 2. The molecule has 2 aromatic rings. The fourth-order valence-electron chi connectivity index (χ4n) is 4.35. The minimum absolute atomic E-state index is 0.0131. The molecule has 0 radical (unpaired) electrons. The van der Waals surface area contributed by atoms with Gasteiger partial charge in [-0.1, -0.05) is 0 Å². The van der Waals surface area contributed by atoms with Crippen LogP contribution in [0.2, 0.25) is 0 Å². The summed E-state index contributed by atoms with van der Waals surface area (Å²) in [6, 6.07) is 1.83. The number of hydrogen-bond donors (Lipinski definition) is 0. The van der Waals surface area contributed by atoms with Crippen LogP contribution >= 0.6 is 0 Å². The van der Waals surface area contributed by atoms with Gasteiger partial charge in [0.1, 0.15) is 12.2 Å². The predicted molar refractivity (Wildman–Crippen MR) is 96.6 cm³/mol. The minimum Gasteiger partial charge on any atom is -0.371 e. The molecule has 7 nitrogen and oxygen atoms in total. The van der Waals surface area contributed by atoms with E-state index in [0.29, 0.717) is 44.8 Å². The molecule has 156 valence electrons. The first-order valence-corrected chi connectivity index (χ1v) is 9.93. The number of anilines is 1. The van der Waals surface area contributed by atoms with Crippen molar-refractivity contribution in [1.82, 2.24) is 19.7 Å². The Morgan fingerprint density at radius 3 is 2.38 bits per heavy atom. The van der Waals surface area contributed by atoms with Gasteiger partial charge in [-0.2, -0.15) is 18.3 Å². The topological polar surface area (TPSA) is 65.3 Å². The summed E-state index contributed by atoms with van der Waals surface area (Å²) in [4.78, 5) is 10.2. The van der Waals surface area contributed by atoms with Crippen molar-refractivity contribution < 1.29 is 22.6 Å². The highest BCUT2D eigenvalue weighted by molar-refractivity contribution is 5.41. The lowest BCUT2D eigenvalue weighted by atomic mass is 9.94. The van der Waals surface area contributed by atoms with Gasteiger partial charge in [0.25, 0.3) is 0 Å². The first-order chi connectivity index (χ1) is 14.0. The Morgan fingerprint density at radius 2 is 1.72 bits per heavy atom. The Bertz CT molecular complexity index is 857. The molecule has 0 bridgehead atoms. The lowest BCUT2D eigenvalue weighted by Crippen LogP contribution is -2.29. The normalized spacial score (nSPS) is 25.6. The number of halogens is 3. The van der Waals surface area contributed by atoms with Crippen LogP contribution in [0.5, 0.6) is 0 Å². The zero-order valence-electron chi connectivity index (χ0n) is 15.8. The summed E-state index contributed by atoms with van der Waals surface area (Å²) in [5, 5.41) is 4.23. The molecule has 1 aliphatic carbocycles. The third-order valence-corrected chi connectivity index (χ3v) is 5.84. The van der Waals surface area contributed by atoms with Gasteiger partial charge in [-0.05, 0) is 31.7 Å². The Labute approximate surface area is 165 Å². The third kappa shape index (κ3) is 3.59. The van der Waals surface area contributed by atoms with Crippen LogP contribution in [0.1, 0.15) is 35.8 Å². The molecule has 2 aliphatic heterocycles. The minimum atomic E-state index is -4.48. The van der Waals surface area contributed by atoms with E-state index in [0.717, 1.165) is 12.8 Å². The monoisotopic (exact) mass is 409 g/mol. The lowest BCUT2D eigenvalue weighted by molar-refractivity contribution is -0.142. The van der Waals surface area contributed by atoms with Crippen molar-refractivity contribution in [3.8, 4) is 0 Å². The number of alkyl halides is 3. The van der Waals surface area contributed by atoms with Crippen LogP contribution in [-0.2, 0) is 28.5 Å². The Balaban J connectivity index is 1.36. The molecule has 10 heteroatoms. The van der Waals surface area contributed by atoms with Crippen LogP contribution in [0.4, 0.5) is 19.1 Å². The molecule has 29 heavy (non-hydrogen) atoms. The van der Waals surface area contributed by atoms with Gasteiger partial charge in [-0.25, -0.2) is 9.97 Å². The van der Waals surface area contributed by atoms with Gasteiger partial charge in [0.2, 0.25) is 5.95 Å². The van der Waals surface area contributed by atoms with Crippen LogP contribution in [0.3, 0.4) is 0 Å². The standard InChI is InChI=1S/C19H22F3N5O2/c20-19(21,22)17-13-4-1-2-5-14(13)24-18(25-17)26-8-15-16(9-26)29-11-12(10-28-15)27-7-3-6-23-27/h3,6-7,12,15-16H,1-2,4-5,8-11H2/t15-,16-/m0/s1. The van der Waals surface area contributed by atoms with Gasteiger partial charge in [0.15, 0.2) is 5.69 Å². The van der Waals surface area contributed by atoms with E-state index in [1.165, 1.54) is 0 Å². The highest BCUT2D eigenvalue weighted by Gasteiger charge is 2.42. The van der Waals surface area contributed by atoms with Crippen molar-refractivity contribution in [2.24, 2.45) is 0 Å². The van der Waals surface area contributed by atoms with Gasteiger partial charge in [0, 0.05) is 36.7 Å². The summed E-state index contributed by atoms with van der Waals surface area (Å²) >= 11 is 0. The van der Waals surface area contributed by atoms with Crippen molar-refractivity contribution >= 4 is 5.95 Å². The van der Waals surface area contributed by atoms with Crippen LogP contribution < -0.4 is 4.90 Å². The fraction of sp³-hybridized carbons (Fsp3) is 0.632. The summed E-state index contributed by atoms with van der Waals surface area (Å²) in [7, 11) is 0. The number of hydrogen-bond acceptors (Lipinski definition) is 6. The molecule has 0 saturated carbocycles. The third-order valence-electron chi connectivity index (χ3n) is 5.84. The average Bonchev–Trinajstić information content (AvgIpc) is 3.34. The van der Waals surface area contributed by atoms with E-state index in [2.05, 4.69) is 15.1 Å². The molecule has 0 aromatic carbocycles. The van der Waals surface area contributed by atoms with Gasteiger partial charge >= 0.3 is 6.18 Å². The van der Waals surface area contributed by atoms with E-state index in [-0.39, 0.29) is 29.8 Å². The van der Waals surface area contributed by atoms with Gasteiger partial charge in [0.05, 0.1) is 19.3 Å². The van der Waals surface area contributed by atoms with Crippen molar-refractivity contribution in [2.45, 2.75) is 50.1 Å². The van der Waals surface area contributed by atoms with Crippen molar-refractivity contribution in [3.63, 3.8) is 0 Å². The van der Waals surface area contributed by atoms with Crippen LogP contribution in [-0.4, -0.2) is 58.3 Å². The quantitative estimate of drug-likeness (QED) is 0.759. The number of fused-ring (bicyclic) bond motifs is 2. The SMILES string of the molecule is FC(F)(F)c1nc(N2C[C@@H]3OCC(n4cccn4)CO[C@H]3C2)nc2c1CCCC2. The molecule has 3 aliphatic rings. The van der Waals surface area contributed by atoms with E-state index in [9.17, 15) is 13.2 Å². The Hall–Kier alpha value is -2.20. The first kappa shape index (κ1) is 18.8. The summed E-state index contributed by atoms with van der Waals surface area (Å²) in [5.74, 6) is 0.127. The summed E-state index contributed by atoms with van der Waals surface area (Å²) in [6.45, 7) is 1.70. The molecular weight excluding hydrogens is 387 g/mol. The molecule has 5 rings (SSSR count). The number of nitrogens with zero attached hydrogens (tertiary/aromatic N) is 5. The van der Waals surface area contributed by atoms with Gasteiger partial charge in [-0.15, -0.1) is 0 Å². The van der Waals surface area contributed by atoms with Crippen LogP contribution in [0, 0.1) is 0 Å². The second-order valence-electron chi connectivity index (χ2n) is 7.79. The van der Waals surface area contributed by atoms with E-state index in [1.54, 1.807) is 15.8 Å². The maximum Gasteiger partial charge on any atom is 0.433 e. The molecule has 0 amide bonds. The van der Waals surface area contributed by atoms with Gasteiger partial charge in [-0.3, -0.25) is 4.68 Å². The second kappa shape index (κ2) is 7.24. The van der Waals surface area contributed by atoms with Crippen LogP contribution in [0.25, 0.3) is 0 Å². The second-order valence-corrected chi connectivity index (χ2v) is 7.79. The summed E-state index contributed by atoms with van der Waals surface area (Å²) in [6.07, 6.45) is 1.17. The van der Waals surface area contributed by atoms with Crippen molar-refractivity contribution in [1.29, 1.82) is 0 Å². The summed E-state index contributed by atoms with van der Waals surface area (Å²) in [5.41, 5.74) is 0.00149. The smallest absolute Gasteiger partial charge is 0.371 e. The zero-order chi connectivity index (χ0) is 20.0. The van der Waals surface area contributed by atoms with E-state index in [1.807, 2.05) is 12.3 Å². The lowest BCUT2D eigenvalue weighted by Gasteiger charge is -2.24. The largest absolute Gasteiger partial charge is 0.433 e. The number of rotatable bonds is 2. The van der Waals surface area contributed by atoms with E-state index in [4.69, 9.17) is 9.47 Å². The number of aromatic nitrogens is 4. The molecule has 0 unspecified atom stereocenters. The van der Waals surface area contributed by atoms with E-state index >= 15 is 0 Å². The Morgan fingerprint density at radius 1 is 1.00 bits per heavy atom. The van der Waals surface area contributed by atoms with E-state index < -0.39 is 11.9 Å². The summed E-state index contributed by atoms with van der Waals surface area (Å²) < 4.78 is 54.7. The fourth-order valence-corrected chi connectivity index (χ4v) is 4.35. The highest BCUT2D eigenvalue weighted by atomic mass is 19.4. The molecule has 2 fully saturated rings. The predicted octanol–water partition coefficient (Wildman–Crippen LogP) is 2.42. The zero-order valence-corrected chi connectivity index (χ0v) is 15.8. The highest BCUT2D eigenvalue weighted by Crippen LogP contribution is 2.36. The molecule has 2 atom stereocenters. The maximum atomic E-state index is 13.6. The molecule has 2 saturated heterocycles.